The maximum absolute atomic E-state index is 14.2. The minimum Gasteiger partial charge on any atom is -0.354 e. The highest BCUT2D eigenvalue weighted by molar-refractivity contribution is 6.31. The third-order valence-electron chi connectivity index (χ3n) is 4.69. The zero-order valence-corrected chi connectivity index (χ0v) is 18.1. The molecule has 4 nitrogen and oxygen atoms in total. The van der Waals surface area contributed by atoms with Crippen molar-refractivity contribution in [3.63, 3.8) is 0 Å². The summed E-state index contributed by atoms with van der Waals surface area (Å²) in [6, 6.07) is 10.6. The van der Waals surface area contributed by atoms with Gasteiger partial charge in [-0.05, 0) is 37.1 Å². The normalized spacial score (nSPS) is 11.8. The molecule has 0 heterocycles. The van der Waals surface area contributed by atoms with Gasteiger partial charge in [0.15, 0.2) is 0 Å². The molecule has 0 radical (unpaired) electrons. The number of nitrogens with one attached hydrogen (secondary N) is 1. The summed E-state index contributed by atoms with van der Waals surface area (Å²) in [6.07, 6.45) is 1.55. The highest BCUT2D eigenvalue weighted by atomic mass is 35.5. The number of carbonyl (C=O) groups is 2. The van der Waals surface area contributed by atoms with E-state index < -0.39 is 17.8 Å². The Hall–Kier alpha value is -2.11. The van der Waals surface area contributed by atoms with E-state index >= 15 is 0 Å². The standard InChI is InChI=1S/C22H25Cl2FN2O2/c1-3-4-12-26-22(29)15(2)27(14-16-8-5-6-9-18(16)23)21(28)13-17-19(24)10-7-11-20(17)25/h5-11,15H,3-4,12-14H2,1-2H3,(H,26,29). The van der Waals surface area contributed by atoms with Crippen molar-refractivity contribution in [3.8, 4) is 0 Å². The molecule has 0 aromatic heterocycles. The van der Waals surface area contributed by atoms with Gasteiger partial charge in [-0.1, -0.05) is 60.8 Å². The van der Waals surface area contributed by atoms with Crippen LogP contribution in [0.2, 0.25) is 10.0 Å². The number of unbranched alkanes of at least 4 members (excludes halogenated alkanes) is 1. The first kappa shape index (κ1) is 23.2. The van der Waals surface area contributed by atoms with Gasteiger partial charge in [0.1, 0.15) is 11.9 Å². The Kier molecular flexibility index (Phi) is 8.93. The minimum absolute atomic E-state index is 0.113. The summed E-state index contributed by atoms with van der Waals surface area (Å²) >= 11 is 12.3. The van der Waals surface area contributed by atoms with E-state index in [1.54, 1.807) is 25.1 Å². The minimum atomic E-state index is -0.749. The summed E-state index contributed by atoms with van der Waals surface area (Å²) in [7, 11) is 0. The monoisotopic (exact) mass is 438 g/mol. The summed E-state index contributed by atoms with van der Waals surface area (Å²) in [6.45, 7) is 4.35. The Morgan fingerprint density at radius 1 is 1.10 bits per heavy atom. The maximum Gasteiger partial charge on any atom is 0.242 e. The molecule has 0 fully saturated rings. The van der Waals surface area contributed by atoms with Gasteiger partial charge in [0.2, 0.25) is 11.8 Å². The van der Waals surface area contributed by atoms with E-state index in [9.17, 15) is 14.0 Å². The SMILES string of the molecule is CCCCNC(=O)C(C)N(Cc1ccccc1Cl)C(=O)Cc1c(F)cccc1Cl. The van der Waals surface area contributed by atoms with Crippen LogP contribution in [0.25, 0.3) is 0 Å². The summed E-state index contributed by atoms with van der Waals surface area (Å²) in [5.41, 5.74) is 0.817. The lowest BCUT2D eigenvalue weighted by molar-refractivity contribution is -0.140. The number of amides is 2. The molecule has 0 saturated heterocycles. The lowest BCUT2D eigenvalue weighted by atomic mass is 10.1. The fourth-order valence-electron chi connectivity index (χ4n) is 2.88. The fourth-order valence-corrected chi connectivity index (χ4v) is 3.31. The van der Waals surface area contributed by atoms with E-state index in [2.05, 4.69) is 5.32 Å². The van der Waals surface area contributed by atoms with Gasteiger partial charge in [0, 0.05) is 28.7 Å². The van der Waals surface area contributed by atoms with Gasteiger partial charge in [-0.3, -0.25) is 9.59 Å². The van der Waals surface area contributed by atoms with Crippen LogP contribution in [0.1, 0.15) is 37.8 Å². The van der Waals surface area contributed by atoms with Crippen LogP contribution in [-0.4, -0.2) is 29.3 Å². The largest absolute Gasteiger partial charge is 0.354 e. The lowest BCUT2D eigenvalue weighted by Gasteiger charge is -2.29. The van der Waals surface area contributed by atoms with E-state index in [1.165, 1.54) is 23.1 Å². The molecule has 156 valence electrons. The quantitative estimate of drug-likeness (QED) is 0.559. The molecule has 0 aliphatic carbocycles. The number of benzene rings is 2. The van der Waals surface area contributed by atoms with Gasteiger partial charge in [-0.15, -0.1) is 0 Å². The molecule has 7 heteroatoms. The smallest absolute Gasteiger partial charge is 0.242 e. The highest BCUT2D eigenvalue weighted by Crippen LogP contribution is 2.23. The molecular weight excluding hydrogens is 414 g/mol. The average molecular weight is 439 g/mol. The highest BCUT2D eigenvalue weighted by Gasteiger charge is 2.27. The van der Waals surface area contributed by atoms with Crippen LogP contribution < -0.4 is 5.32 Å². The van der Waals surface area contributed by atoms with Crippen molar-refractivity contribution in [1.82, 2.24) is 10.2 Å². The van der Waals surface area contributed by atoms with E-state index in [-0.39, 0.29) is 29.5 Å². The molecule has 2 rings (SSSR count). The second-order valence-electron chi connectivity index (χ2n) is 6.81. The Morgan fingerprint density at radius 3 is 2.45 bits per heavy atom. The number of hydrogen-bond donors (Lipinski definition) is 1. The zero-order valence-electron chi connectivity index (χ0n) is 16.6. The van der Waals surface area contributed by atoms with Gasteiger partial charge in [-0.2, -0.15) is 0 Å². The number of rotatable bonds is 9. The first-order chi connectivity index (χ1) is 13.8. The Balaban J connectivity index is 2.26. The molecule has 2 aromatic carbocycles. The second kappa shape index (κ2) is 11.2. The van der Waals surface area contributed by atoms with Crippen molar-refractivity contribution < 1.29 is 14.0 Å². The third kappa shape index (κ3) is 6.44. The topological polar surface area (TPSA) is 49.4 Å². The van der Waals surface area contributed by atoms with Crippen LogP contribution in [0.15, 0.2) is 42.5 Å². The Labute approximate surface area is 181 Å². The first-order valence-electron chi connectivity index (χ1n) is 9.58. The number of carbonyl (C=O) groups excluding carboxylic acids is 2. The number of nitrogens with zero attached hydrogens (tertiary/aromatic N) is 1. The molecular formula is C22H25Cl2FN2O2. The summed E-state index contributed by atoms with van der Waals surface area (Å²) in [4.78, 5) is 27.1. The summed E-state index contributed by atoms with van der Waals surface area (Å²) in [5, 5.41) is 3.51. The summed E-state index contributed by atoms with van der Waals surface area (Å²) in [5.74, 6) is -1.22. The molecule has 2 aromatic rings. The molecule has 0 aliphatic rings. The van der Waals surface area contributed by atoms with Crippen molar-refractivity contribution >= 4 is 35.0 Å². The van der Waals surface area contributed by atoms with Crippen LogP contribution in [0.4, 0.5) is 4.39 Å². The van der Waals surface area contributed by atoms with Gasteiger partial charge >= 0.3 is 0 Å². The van der Waals surface area contributed by atoms with Crippen molar-refractivity contribution in [3.05, 3.63) is 69.5 Å². The van der Waals surface area contributed by atoms with Crippen LogP contribution in [0.5, 0.6) is 0 Å². The molecule has 0 spiro atoms. The van der Waals surface area contributed by atoms with Crippen molar-refractivity contribution in [1.29, 1.82) is 0 Å². The maximum atomic E-state index is 14.2. The van der Waals surface area contributed by atoms with Gasteiger partial charge in [-0.25, -0.2) is 4.39 Å². The fraction of sp³-hybridized carbons (Fsp3) is 0.364. The third-order valence-corrected chi connectivity index (χ3v) is 5.41. The van der Waals surface area contributed by atoms with Crippen molar-refractivity contribution in [2.75, 3.05) is 6.54 Å². The van der Waals surface area contributed by atoms with E-state index in [0.717, 1.165) is 12.8 Å². The Bertz CT molecular complexity index is 840. The second-order valence-corrected chi connectivity index (χ2v) is 7.62. The zero-order chi connectivity index (χ0) is 21.4. The predicted molar refractivity (Wildman–Crippen MR) is 114 cm³/mol. The molecule has 29 heavy (non-hydrogen) atoms. The van der Waals surface area contributed by atoms with Crippen molar-refractivity contribution in [2.24, 2.45) is 0 Å². The van der Waals surface area contributed by atoms with Crippen LogP contribution in [0.3, 0.4) is 0 Å². The van der Waals surface area contributed by atoms with Crippen LogP contribution in [-0.2, 0) is 22.6 Å². The van der Waals surface area contributed by atoms with Crippen molar-refractivity contribution in [2.45, 2.75) is 45.7 Å². The average Bonchev–Trinajstić information content (AvgIpc) is 2.69. The van der Waals surface area contributed by atoms with E-state index in [4.69, 9.17) is 23.2 Å². The Morgan fingerprint density at radius 2 is 1.79 bits per heavy atom. The van der Waals surface area contributed by atoms with Gasteiger partial charge < -0.3 is 10.2 Å². The molecule has 0 bridgehead atoms. The first-order valence-corrected chi connectivity index (χ1v) is 10.3. The van der Waals surface area contributed by atoms with Crippen LogP contribution >= 0.6 is 23.2 Å². The molecule has 1 unspecified atom stereocenters. The molecule has 1 atom stereocenters. The number of hydrogen-bond acceptors (Lipinski definition) is 2. The van der Waals surface area contributed by atoms with Crippen LogP contribution in [0, 0.1) is 5.82 Å². The molecule has 0 saturated carbocycles. The van der Waals surface area contributed by atoms with Gasteiger partial charge in [0.05, 0.1) is 6.42 Å². The lowest BCUT2D eigenvalue weighted by Crippen LogP contribution is -2.48. The predicted octanol–water partition coefficient (Wildman–Crippen LogP) is 5.01. The molecule has 0 aliphatic heterocycles. The van der Waals surface area contributed by atoms with E-state index in [1.807, 2.05) is 13.0 Å². The van der Waals surface area contributed by atoms with E-state index in [0.29, 0.717) is 17.1 Å². The summed E-state index contributed by atoms with van der Waals surface area (Å²) < 4.78 is 14.2. The number of halogens is 3. The molecule has 1 N–H and O–H groups in total. The van der Waals surface area contributed by atoms with Gasteiger partial charge in [0.25, 0.3) is 0 Å². The molecule has 2 amide bonds.